The van der Waals surface area contributed by atoms with Gasteiger partial charge in [-0.15, -0.1) is 0 Å². The molecular formula is C13H16N2O2. The Morgan fingerprint density at radius 1 is 1.41 bits per heavy atom. The highest BCUT2D eigenvalue weighted by atomic mass is 16.4. The summed E-state index contributed by atoms with van der Waals surface area (Å²) in [6.07, 6.45) is 0.0736. The van der Waals surface area contributed by atoms with Crippen LogP contribution < -0.4 is 0 Å². The van der Waals surface area contributed by atoms with Crippen molar-refractivity contribution in [2.24, 2.45) is 7.05 Å². The van der Waals surface area contributed by atoms with Gasteiger partial charge in [-0.05, 0) is 12.1 Å². The summed E-state index contributed by atoms with van der Waals surface area (Å²) in [6, 6.07) is 7.82. The number of carboxylic acids is 1. The molecule has 1 heterocycles. The molecule has 17 heavy (non-hydrogen) atoms. The van der Waals surface area contributed by atoms with Crippen molar-refractivity contribution in [2.75, 3.05) is 0 Å². The molecule has 0 amide bonds. The molecule has 1 aromatic carbocycles. The highest BCUT2D eigenvalue weighted by Gasteiger charge is 2.29. The van der Waals surface area contributed by atoms with Crippen molar-refractivity contribution >= 4 is 17.0 Å². The molecule has 0 aliphatic carbocycles. The second-order valence-electron chi connectivity index (χ2n) is 4.94. The zero-order chi connectivity index (χ0) is 12.6. The topological polar surface area (TPSA) is 55.1 Å². The second kappa shape index (κ2) is 3.87. The van der Waals surface area contributed by atoms with E-state index in [1.807, 2.05) is 49.7 Å². The lowest BCUT2D eigenvalue weighted by Gasteiger charge is -2.21. The number of hydrogen-bond acceptors (Lipinski definition) is 2. The standard InChI is InChI=1S/C13H16N2O2/c1-13(2,8-11(16)17)12-14-9-6-4-5-7-10(9)15(12)3/h4-7H,8H2,1-3H3,(H,16,17). The Hall–Kier alpha value is -1.84. The van der Waals surface area contributed by atoms with Crippen LogP contribution in [0, 0.1) is 0 Å². The molecule has 0 aliphatic heterocycles. The number of aliphatic carboxylic acids is 1. The van der Waals surface area contributed by atoms with Crippen LogP contribution in [0.15, 0.2) is 24.3 Å². The Kier molecular flexibility index (Phi) is 2.65. The molecule has 90 valence electrons. The van der Waals surface area contributed by atoms with Crippen molar-refractivity contribution in [1.82, 2.24) is 9.55 Å². The molecule has 2 rings (SSSR count). The molecule has 4 nitrogen and oxygen atoms in total. The van der Waals surface area contributed by atoms with E-state index in [-0.39, 0.29) is 6.42 Å². The SMILES string of the molecule is Cn1c(C(C)(C)CC(=O)O)nc2ccccc21. The van der Waals surface area contributed by atoms with E-state index in [9.17, 15) is 4.79 Å². The summed E-state index contributed by atoms with van der Waals surface area (Å²) in [7, 11) is 1.92. The Labute approximate surface area is 99.9 Å². The minimum absolute atomic E-state index is 0.0736. The van der Waals surface area contributed by atoms with E-state index < -0.39 is 11.4 Å². The lowest BCUT2D eigenvalue weighted by Crippen LogP contribution is -2.25. The number of rotatable bonds is 3. The summed E-state index contributed by atoms with van der Waals surface area (Å²) in [5.41, 5.74) is 1.46. The van der Waals surface area contributed by atoms with Crippen LogP contribution in [0.5, 0.6) is 0 Å². The molecule has 0 atom stereocenters. The first-order valence-corrected chi connectivity index (χ1v) is 5.55. The first-order chi connectivity index (χ1) is 7.92. The van der Waals surface area contributed by atoms with Gasteiger partial charge in [0.1, 0.15) is 5.82 Å². The average molecular weight is 232 g/mol. The maximum atomic E-state index is 10.9. The summed E-state index contributed by atoms with van der Waals surface area (Å²) in [4.78, 5) is 15.4. The molecule has 0 saturated heterocycles. The van der Waals surface area contributed by atoms with Gasteiger partial charge in [0.05, 0.1) is 17.5 Å². The van der Waals surface area contributed by atoms with Crippen molar-refractivity contribution in [3.05, 3.63) is 30.1 Å². The molecule has 1 N–H and O–H groups in total. The highest BCUT2D eigenvalue weighted by molar-refractivity contribution is 5.76. The van der Waals surface area contributed by atoms with Crippen LogP contribution in [-0.2, 0) is 17.3 Å². The lowest BCUT2D eigenvalue weighted by atomic mass is 9.88. The van der Waals surface area contributed by atoms with E-state index in [2.05, 4.69) is 4.98 Å². The first-order valence-electron chi connectivity index (χ1n) is 5.55. The lowest BCUT2D eigenvalue weighted by molar-refractivity contribution is -0.138. The maximum Gasteiger partial charge on any atom is 0.304 e. The highest BCUT2D eigenvalue weighted by Crippen LogP contribution is 2.28. The number of benzene rings is 1. The Bertz CT molecular complexity index is 570. The number of para-hydroxylation sites is 2. The second-order valence-corrected chi connectivity index (χ2v) is 4.94. The molecule has 0 saturated carbocycles. The summed E-state index contributed by atoms with van der Waals surface area (Å²) >= 11 is 0. The largest absolute Gasteiger partial charge is 0.481 e. The third-order valence-electron chi connectivity index (χ3n) is 2.99. The van der Waals surface area contributed by atoms with Crippen LogP contribution in [-0.4, -0.2) is 20.6 Å². The minimum atomic E-state index is -0.804. The predicted octanol–water partition coefficient (Wildman–Crippen LogP) is 2.33. The number of fused-ring (bicyclic) bond motifs is 1. The van der Waals surface area contributed by atoms with E-state index in [0.29, 0.717) is 0 Å². The first kappa shape index (κ1) is 11.6. The van der Waals surface area contributed by atoms with Crippen LogP contribution in [0.25, 0.3) is 11.0 Å². The third-order valence-corrected chi connectivity index (χ3v) is 2.99. The van der Waals surface area contributed by atoms with Gasteiger partial charge < -0.3 is 9.67 Å². The molecule has 1 aromatic heterocycles. The number of aryl methyl sites for hydroxylation is 1. The molecule has 0 unspecified atom stereocenters. The predicted molar refractivity (Wildman–Crippen MR) is 66.0 cm³/mol. The monoisotopic (exact) mass is 232 g/mol. The number of carboxylic acid groups (broad SMARTS) is 1. The Morgan fingerprint density at radius 3 is 2.65 bits per heavy atom. The van der Waals surface area contributed by atoms with Gasteiger partial charge in [0, 0.05) is 12.5 Å². The molecule has 0 radical (unpaired) electrons. The van der Waals surface area contributed by atoms with E-state index >= 15 is 0 Å². The fourth-order valence-corrected chi connectivity index (χ4v) is 2.21. The zero-order valence-corrected chi connectivity index (χ0v) is 10.3. The fourth-order valence-electron chi connectivity index (χ4n) is 2.21. The van der Waals surface area contributed by atoms with E-state index in [1.54, 1.807) is 0 Å². The van der Waals surface area contributed by atoms with Crippen LogP contribution in [0.2, 0.25) is 0 Å². The van der Waals surface area contributed by atoms with Crippen LogP contribution in [0.3, 0.4) is 0 Å². The Morgan fingerprint density at radius 2 is 2.06 bits per heavy atom. The normalized spacial score (nSPS) is 11.9. The quantitative estimate of drug-likeness (QED) is 0.883. The third kappa shape index (κ3) is 2.02. The molecule has 0 aliphatic rings. The number of nitrogens with zero attached hydrogens (tertiary/aromatic N) is 2. The van der Waals surface area contributed by atoms with Gasteiger partial charge in [0.2, 0.25) is 0 Å². The van der Waals surface area contributed by atoms with Gasteiger partial charge in [-0.1, -0.05) is 26.0 Å². The van der Waals surface area contributed by atoms with Gasteiger partial charge in [-0.2, -0.15) is 0 Å². The molecule has 2 aromatic rings. The van der Waals surface area contributed by atoms with E-state index in [4.69, 9.17) is 5.11 Å². The Balaban J connectivity index is 2.55. The number of imidazole rings is 1. The van der Waals surface area contributed by atoms with Crippen molar-refractivity contribution in [2.45, 2.75) is 25.7 Å². The minimum Gasteiger partial charge on any atom is -0.481 e. The van der Waals surface area contributed by atoms with Crippen molar-refractivity contribution in [3.63, 3.8) is 0 Å². The number of aromatic nitrogens is 2. The number of carbonyl (C=O) groups is 1. The van der Waals surface area contributed by atoms with Gasteiger partial charge in [-0.25, -0.2) is 4.98 Å². The van der Waals surface area contributed by atoms with Gasteiger partial charge in [0.15, 0.2) is 0 Å². The van der Waals surface area contributed by atoms with Crippen molar-refractivity contribution in [1.29, 1.82) is 0 Å². The smallest absolute Gasteiger partial charge is 0.304 e. The average Bonchev–Trinajstić information content (AvgIpc) is 2.56. The van der Waals surface area contributed by atoms with Crippen LogP contribution >= 0.6 is 0 Å². The summed E-state index contributed by atoms with van der Waals surface area (Å²) in [5, 5.41) is 8.94. The molecular weight excluding hydrogens is 216 g/mol. The van der Waals surface area contributed by atoms with Crippen LogP contribution in [0.4, 0.5) is 0 Å². The van der Waals surface area contributed by atoms with Crippen molar-refractivity contribution < 1.29 is 9.90 Å². The molecule has 0 bridgehead atoms. The van der Waals surface area contributed by atoms with Gasteiger partial charge in [0.25, 0.3) is 0 Å². The zero-order valence-electron chi connectivity index (χ0n) is 10.3. The van der Waals surface area contributed by atoms with Crippen molar-refractivity contribution in [3.8, 4) is 0 Å². The summed E-state index contributed by atoms with van der Waals surface area (Å²) in [6.45, 7) is 3.81. The molecule has 0 spiro atoms. The number of hydrogen-bond donors (Lipinski definition) is 1. The molecule has 4 heteroatoms. The van der Waals surface area contributed by atoms with Gasteiger partial charge >= 0.3 is 5.97 Å². The summed E-state index contributed by atoms with van der Waals surface area (Å²) < 4.78 is 1.97. The fraction of sp³-hybridized carbons (Fsp3) is 0.385. The van der Waals surface area contributed by atoms with Gasteiger partial charge in [-0.3, -0.25) is 4.79 Å². The van der Waals surface area contributed by atoms with E-state index in [0.717, 1.165) is 16.9 Å². The van der Waals surface area contributed by atoms with E-state index in [1.165, 1.54) is 0 Å². The van der Waals surface area contributed by atoms with Crippen LogP contribution in [0.1, 0.15) is 26.1 Å². The maximum absolute atomic E-state index is 10.9. The summed E-state index contributed by atoms with van der Waals surface area (Å²) in [5.74, 6) is 0.00292. The molecule has 0 fully saturated rings.